The number of halogens is 3. The summed E-state index contributed by atoms with van der Waals surface area (Å²) in [7, 11) is -2.35. The van der Waals surface area contributed by atoms with E-state index in [0.717, 1.165) is 6.26 Å². The van der Waals surface area contributed by atoms with Gasteiger partial charge in [-0.15, -0.1) is 0 Å². The SMILES string of the molecule is COc1cc(CCC(=O)NS(C)(=O)=O)ccc1OCC(F)(F)F. The molecule has 0 radical (unpaired) electrons. The van der Waals surface area contributed by atoms with Crippen molar-refractivity contribution in [3.63, 3.8) is 0 Å². The summed E-state index contributed by atoms with van der Waals surface area (Å²) in [5.74, 6) is -0.659. The van der Waals surface area contributed by atoms with E-state index in [9.17, 15) is 26.4 Å². The fraction of sp³-hybridized carbons (Fsp3) is 0.462. The van der Waals surface area contributed by atoms with Gasteiger partial charge in [0.1, 0.15) is 0 Å². The number of amides is 1. The van der Waals surface area contributed by atoms with Gasteiger partial charge in [-0.05, 0) is 24.1 Å². The Morgan fingerprint density at radius 2 is 1.91 bits per heavy atom. The summed E-state index contributed by atoms with van der Waals surface area (Å²) in [4.78, 5) is 11.4. The van der Waals surface area contributed by atoms with Gasteiger partial charge < -0.3 is 9.47 Å². The number of ether oxygens (including phenoxy) is 2. The zero-order chi connectivity index (χ0) is 17.7. The maximum absolute atomic E-state index is 12.1. The number of sulfonamides is 1. The Morgan fingerprint density at radius 1 is 1.26 bits per heavy atom. The van der Waals surface area contributed by atoms with Gasteiger partial charge in [0.05, 0.1) is 13.4 Å². The lowest BCUT2D eigenvalue weighted by Gasteiger charge is -2.13. The third kappa shape index (κ3) is 7.73. The number of hydrogen-bond donors (Lipinski definition) is 1. The van der Waals surface area contributed by atoms with Gasteiger partial charge in [-0.3, -0.25) is 9.52 Å². The molecule has 1 aromatic rings. The summed E-state index contributed by atoms with van der Waals surface area (Å²) in [5, 5.41) is 0. The minimum atomic E-state index is -4.46. The summed E-state index contributed by atoms with van der Waals surface area (Å²) in [6.45, 7) is -1.44. The second-order valence-corrected chi connectivity index (χ2v) is 6.43. The number of rotatable bonds is 7. The van der Waals surface area contributed by atoms with E-state index in [-0.39, 0.29) is 24.3 Å². The number of aryl methyl sites for hydroxylation is 1. The van der Waals surface area contributed by atoms with Gasteiger partial charge in [0.25, 0.3) is 0 Å². The molecule has 1 rings (SSSR count). The maximum atomic E-state index is 12.1. The van der Waals surface area contributed by atoms with Crippen LogP contribution in [-0.4, -0.2) is 40.5 Å². The van der Waals surface area contributed by atoms with E-state index in [0.29, 0.717) is 5.56 Å². The molecule has 0 atom stereocenters. The number of carbonyl (C=O) groups excluding carboxylic acids is 1. The van der Waals surface area contributed by atoms with Gasteiger partial charge in [0, 0.05) is 6.42 Å². The van der Waals surface area contributed by atoms with E-state index in [2.05, 4.69) is 4.74 Å². The van der Waals surface area contributed by atoms with Crippen LogP contribution in [0.4, 0.5) is 13.2 Å². The number of methoxy groups -OCH3 is 1. The van der Waals surface area contributed by atoms with Crippen LogP contribution in [0.2, 0.25) is 0 Å². The van der Waals surface area contributed by atoms with Crippen molar-refractivity contribution in [2.24, 2.45) is 0 Å². The van der Waals surface area contributed by atoms with Crippen LogP contribution in [0.3, 0.4) is 0 Å². The summed E-state index contributed by atoms with van der Waals surface area (Å²) in [6, 6.07) is 4.20. The molecule has 10 heteroatoms. The highest BCUT2D eigenvalue weighted by molar-refractivity contribution is 7.89. The Bertz CT molecular complexity index is 658. The highest BCUT2D eigenvalue weighted by atomic mass is 32.2. The van der Waals surface area contributed by atoms with Crippen molar-refractivity contribution in [1.82, 2.24) is 4.72 Å². The molecule has 0 aliphatic carbocycles. The van der Waals surface area contributed by atoms with Crippen molar-refractivity contribution in [2.75, 3.05) is 20.0 Å². The molecule has 0 spiro atoms. The zero-order valence-corrected chi connectivity index (χ0v) is 13.3. The Labute approximate surface area is 131 Å². The molecule has 0 saturated carbocycles. The van der Waals surface area contributed by atoms with E-state index in [4.69, 9.17) is 4.74 Å². The van der Waals surface area contributed by atoms with Crippen molar-refractivity contribution in [3.8, 4) is 11.5 Å². The van der Waals surface area contributed by atoms with Crippen molar-refractivity contribution >= 4 is 15.9 Å². The van der Waals surface area contributed by atoms with Crippen LogP contribution in [0.5, 0.6) is 11.5 Å². The van der Waals surface area contributed by atoms with Gasteiger partial charge in [-0.2, -0.15) is 13.2 Å². The van der Waals surface area contributed by atoms with Crippen molar-refractivity contribution in [2.45, 2.75) is 19.0 Å². The van der Waals surface area contributed by atoms with Crippen LogP contribution in [-0.2, 0) is 21.2 Å². The molecule has 1 aromatic carbocycles. The molecule has 1 N–H and O–H groups in total. The van der Waals surface area contributed by atoms with E-state index >= 15 is 0 Å². The average Bonchev–Trinajstić information content (AvgIpc) is 2.40. The number of alkyl halides is 3. The quantitative estimate of drug-likeness (QED) is 0.804. The largest absolute Gasteiger partial charge is 0.493 e. The van der Waals surface area contributed by atoms with Crippen molar-refractivity contribution < 1.29 is 35.9 Å². The van der Waals surface area contributed by atoms with Crippen molar-refractivity contribution in [1.29, 1.82) is 0 Å². The molecule has 0 aliphatic rings. The van der Waals surface area contributed by atoms with E-state index < -0.39 is 28.7 Å². The van der Waals surface area contributed by atoms with Crippen LogP contribution >= 0.6 is 0 Å². The zero-order valence-electron chi connectivity index (χ0n) is 12.4. The summed E-state index contributed by atoms with van der Waals surface area (Å²) >= 11 is 0. The predicted octanol–water partition coefficient (Wildman–Crippen LogP) is 1.64. The number of carbonyl (C=O) groups is 1. The maximum Gasteiger partial charge on any atom is 0.422 e. The first-order valence-electron chi connectivity index (χ1n) is 6.37. The fourth-order valence-corrected chi connectivity index (χ4v) is 2.18. The molecular weight excluding hydrogens is 339 g/mol. The Balaban J connectivity index is 2.70. The van der Waals surface area contributed by atoms with Gasteiger partial charge in [0.2, 0.25) is 15.9 Å². The van der Waals surface area contributed by atoms with Crippen molar-refractivity contribution in [3.05, 3.63) is 23.8 Å². The predicted molar refractivity (Wildman–Crippen MR) is 75.9 cm³/mol. The molecule has 0 saturated heterocycles. The Morgan fingerprint density at radius 3 is 2.43 bits per heavy atom. The molecule has 1 amide bonds. The topological polar surface area (TPSA) is 81.7 Å². The standard InChI is InChI=1S/C13H16F3NO5S/c1-21-11-7-9(4-6-12(18)17-23(2,19)20)3-5-10(11)22-8-13(14,15)16/h3,5,7H,4,6,8H2,1-2H3,(H,17,18). The molecule has 0 unspecified atom stereocenters. The lowest BCUT2D eigenvalue weighted by molar-refractivity contribution is -0.153. The molecule has 0 heterocycles. The van der Waals surface area contributed by atoms with Gasteiger partial charge in [-0.1, -0.05) is 6.07 Å². The summed E-state index contributed by atoms with van der Waals surface area (Å²) in [6.07, 6.45) is -3.51. The van der Waals surface area contributed by atoms with Crippen LogP contribution < -0.4 is 14.2 Å². The average molecular weight is 355 g/mol. The summed E-state index contributed by atoms with van der Waals surface area (Å²) in [5.41, 5.74) is 0.588. The smallest absolute Gasteiger partial charge is 0.422 e. The Kier molecular flexibility index (Phi) is 6.25. The molecule has 130 valence electrons. The van der Waals surface area contributed by atoms with Crippen LogP contribution in [0, 0.1) is 0 Å². The molecule has 6 nitrogen and oxygen atoms in total. The first kappa shape index (κ1) is 19.1. The molecule has 0 fully saturated rings. The number of benzene rings is 1. The third-order valence-electron chi connectivity index (χ3n) is 2.56. The van der Waals surface area contributed by atoms with Gasteiger partial charge in [0.15, 0.2) is 18.1 Å². The molecule has 0 aliphatic heterocycles. The van der Waals surface area contributed by atoms with E-state index in [1.165, 1.54) is 25.3 Å². The lowest BCUT2D eigenvalue weighted by atomic mass is 10.1. The molecule has 23 heavy (non-hydrogen) atoms. The van der Waals surface area contributed by atoms with Crippen LogP contribution in [0.1, 0.15) is 12.0 Å². The van der Waals surface area contributed by atoms with Gasteiger partial charge >= 0.3 is 6.18 Å². The lowest BCUT2D eigenvalue weighted by Crippen LogP contribution is -2.29. The Hall–Kier alpha value is -1.97. The molecule has 0 aromatic heterocycles. The highest BCUT2D eigenvalue weighted by Crippen LogP contribution is 2.30. The molecule has 0 bridgehead atoms. The third-order valence-corrected chi connectivity index (χ3v) is 3.16. The van der Waals surface area contributed by atoms with E-state index in [1.807, 2.05) is 4.72 Å². The fourth-order valence-electron chi connectivity index (χ4n) is 1.66. The summed E-state index contributed by atoms with van der Waals surface area (Å²) < 4.78 is 69.6. The monoisotopic (exact) mass is 355 g/mol. The minimum Gasteiger partial charge on any atom is -0.493 e. The number of nitrogens with one attached hydrogen (secondary N) is 1. The first-order chi connectivity index (χ1) is 10.5. The number of hydrogen-bond acceptors (Lipinski definition) is 5. The highest BCUT2D eigenvalue weighted by Gasteiger charge is 2.29. The van der Waals surface area contributed by atoms with Crippen LogP contribution in [0.15, 0.2) is 18.2 Å². The van der Waals surface area contributed by atoms with Crippen LogP contribution in [0.25, 0.3) is 0 Å². The second-order valence-electron chi connectivity index (χ2n) is 4.69. The van der Waals surface area contributed by atoms with E-state index in [1.54, 1.807) is 0 Å². The second kappa shape index (κ2) is 7.53. The normalized spacial score (nSPS) is 11.9. The minimum absolute atomic E-state index is 0.0748. The van der Waals surface area contributed by atoms with Gasteiger partial charge in [-0.25, -0.2) is 8.42 Å². The first-order valence-corrected chi connectivity index (χ1v) is 8.26. The molecular formula is C13H16F3NO5S.